The SMILES string of the molecule is C[C@H](OC(=O)c1ccc(Cl)c(S(N)(=O)=O)c1)C(=O)NC1CCCC1. The van der Waals surface area contributed by atoms with Crippen LogP contribution in [0.1, 0.15) is 43.0 Å². The minimum atomic E-state index is -4.07. The number of halogens is 1. The molecule has 1 saturated carbocycles. The topological polar surface area (TPSA) is 116 Å². The normalized spacial score (nSPS) is 16.6. The summed E-state index contributed by atoms with van der Waals surface area (Å²) in [5.41, 5.74) is -0.0519. The van der Waals surface area contributed by atoms with E-state index in [1.54, 1.807) is 0 Å². The minimum absolute atomic E-state index is 0.0519. The molecule has 1 atom stereocenters. The summed E-state index contributed by atoms with van der Waals surface area (Å²) in [5.74, 6) is -1.21. The van der Waals surface area contributed by atoms with Gasteiger partial charge in [0.2, 0.25) is 10.0 Å². The summed E-state index contributed by atoms with van der Waals surface area (Å²) in [6.45, 7) is 1.46. The Morgan fingerprint density at radius 3 is 2.54 bits per heavy atom. The molecule has 0 unspecified atom stereocenters. The number of hydrogen-bond acceptors (Lipinski definition) is 5. The van der Waals surface area contributed by atoms with E-state index in [1.165, 1.54) is 19.1 Å². The van der Waals surface area contributed by atoms with Crippen molar-refractivity contribution >= 4 is 33.5 Å². The first kappa shape index (κ1) is 18.7. The lowest BCUT2D eigenvalue weighted by Gasteiger charge is -2.17. The molecule has 3 N–H and O–H groups in total. The summed E-state index contributed by atoms with van der Waals surface area (Å²) in [6.07, 6.45) is 2.98. The molecule has 0 spiro atoms. The molecule has 1 aromatic carbocycles. The molecule has 1 amide bonds. The van der Waals surface area contributed by atoms with Gasteiger partial charge < -0.3 is 10.1 Å². The highest BCUT2D eigenvalue weighted by Crippen LogP contribution is 2.22. The number of esters is 1. The van der Waals surface area contributed by atoms with E-state index in [4.69, 9.17) is 21.5 Å². The minimum Gasteiger partial charge on any atom is -0.449 e. The zero-order chi connectivity index (χ0) is 17.9. The molecule has 0 radical (unpaired) electrons. The molecule has 1 aliphatic rings. The predicted octanol–water partition coefficient (Wildman–Crippen LogP) is 1.59. The molecule has 9 heteroatoms. The number of carbonyl (C=O) groups excluding carboxylic acids is 2. The van der Waals surface area contributed by atoms with Gasteiger partial charge in [0.15, 0.2) is 6.10 Å². The van der Waals surface area contributed by atoms with Gasteiger partial charge in [-0.1, -0.05) is 24.4 Å². The van der Waals surface area contributed by atoms with Crippen molar-refractivity contribution in [2.75, 3.05) is 0 Å². The number of amides is 1. The van der Waals surface area contributed by atoms with Gasteiger partial charge in [-0.2, -0.15) is 0 Å². The predicted molar refractivity (Wildman–Crippen MR) is 88.1 cm³/mol. The van der Waals surface area contributed by atoms with E-state index in [9.17, 15) is 18.0 Å². The third kappa shape index (κ3) is 4.68. The van der Waals surface area contributed by atoms with Gasteiger partial charge >= 0.3 is 5.97 Å². The molecule has 0 heterocycles. The second kappa shape index (κ2) is 7.50. The molecule has 0 aromatic heterocycles. The smallest absolute Gasteiger partial charge is 0.338 e. The molecule has 1 fully saturated rings. The highest BCUT2D eigenvalue weighted by molar-refractivity contribution is 7.89. The average Bonchev–Trinajstić information content (AvgIpc) is 2.99. The van der Waals surface area contributed by atoms with Crippen LogP contribution in [0, 0.1) is 0 Å². The molecule has 7 nitrogen and oxygen atoms in total. The van der Waals surface area contributed by atoms with Crippen LogP contribution in [-0.4, -0.2) is 32.4 Å². The van der Waals surface area contributed by atoms with Gasteiger partial charge in [0.05, 0.1) is 10.6 Å². The summed E-state index contributed by atoms with van der Waals surface area (Å²) in [5, 5.41) is 7.77. The molecule has 0 bridgehead atoms. The second-order valence-corrected chi connectivity index (χ2v) is 7.66. The Balaban J connectivity index is 2.05. The number of ether oxygens (including phenoxy) is 1. The van der Waals surface area contributed by atoms with E-state index >= 15 is 0 Å². The Hall–Kier alpha value is -1.64. The van der Waals surface area contributed by atoms with Crippen LogP contribution in [0.5, 0.6) is 0 Å². The highest BCUT2D eigenvalue weighted by atomic mass is 35.5. The van der Waals surface area contributed by atoms with Crippen LogP contribution in [0.25, 0.3) is 0 Å². The van der Waals surface area contributed by atoms with Crippen LogP contribution in [0.2, 0.25) is 5.02 Å². The number of nitrogens with one attached hydrogen (secondary N) is 1. The molecule has 2 rings (SSSR count). The van der Waals surface area contributed by atoms with E-state index in [-0.39, 0.29) is 27.4 Å². The van der Waals surface area contributed by atoms with Crippen LogP contribution in [-0.2, 0) is 19.6 Å². The number of hydrogen-bond donors (Lipinski definition) is 2. The van der Waals surface area contributed by atoms with Crippen molar-refractivity contribution in [3.05, 3.63) is 28.8 Å². The van der Waals surface area contributed by atoms with Gasteiger partial charge in [-0.05, 0) is 38.0 Å². The molecule has 1 aliphatic carbocycles. The first-order valence-corrected chi connectivity index (χ1v) is 9.44. The van der Waals surface area contributed by atoms with Crippen LogP contribution in [0.3, 0.4) is 0 Å². The molecule has 0 aliphatic heterocycles. The largest absolute Gasteiger partial charge is 0.449 e. The summed E-state index contributed by atoms with van der Waals surface area (Å²) in [6, 6.07) is 3.69. The van der Waals surface area contributed by atoms with Crippen molar-refractivity contribution in [1.82, 2.24) is 5.32 Å². The van der Waals surface area contributed by atoms with Crippen molar-refractivity contribution in [2.45, 2.75) is 49.6 Å². The van der Waals surface area contributed by atoms with Gasteiger partial charge in [-0.3, -0.25) is 4.79 Å². The van der Waals surface area contributed by atoms with Gasteiger partial charge in [0, 0.05) is 6.04 Å². The van der Waals surface area contributed by atoms with Crippen LogP contribution in [0.4, 0.5) is 0 Å². The third-order valence-electron chi connectivity index (χ3n) is 3.83. The zero-order valence-corrected chi connectivity index (χ0v) is 14.7. The molecule has 1 aromatic rings. The summed E-state index contributed by atoms with van der Waals surface area (Å²) in [7, 11) is -4.07. The van der Waals surface area contributed by atoms with E-state index in [2.05, 4.69) is 5.32 Å². The van der Waals surface area contributed by atoms with E-state index in [1.807, 2.05) is 0 Å². The Bertz CT molecular complexity index is 744. The Morgan fingerprint density at radius 1 is 1.33 bits per heavy atom. The molecule has 0 saturated heterocycles. The van der Waals surface area contributed by atoms with Gasteiger partial charge in [-0.15, -0.1) is 0 Å². The van der Waals surface area contributed by atoms with E-state index < -0.39 is 22.1 Å². The van der Waals surface area contributed by atoms with Crippen LogP contribution in [0.15, 0.2) is 23.1 Å². The Kier molecular flexibility index (Phi) is 5.84. The highest BCUT2D eigenvalue weighted by Gasteiger charge is 2.24. The quantitative estimate of drug-likeness (QED) is 0.759. The van der Waals surface area contributed by atoms with Crippen molar-refractivity contribution in [1.29, 1.82) is 0 Å². The number of primary sulfonamides is 1. The van der Waals surface area contributed by atoms with Crippen molar-refractivity contribution in [3.8, 4) is 0 Å². The maximum absolute atomic E-state index is 12.1. The van der Waals surface area contributed by atoms with Crippen molar-refractivity contribution in [3.63, 3.8) is 0 Å². The third-order valence-corrected chi connectivity index (χ3v) is 5.22. The van der Waals surface area contributed by atoms with Crippen LogP contribution >= 0.6 is 11.6 Å². The molecular formula is C15H19ClN2O5S. The van der Waals surface area contributed by atoms with E-state index in [0.29, 0.717) is 0 Å². The fourth-order valence-corrected chi connectivity index (χ4v) is 3.59. The fraction of sp³-hybridized carbons (Fsp3) is 0.467. The molecule has 24 heavy (non-hydrogen) atoms. The van der Waals surface area contributed by atoms with Crippen molar-refractivity contribution in [2.24, 2.45) is 5.14 Å². The molecule has 132 valence electrons. The number of carbonyl (C=O) groups is 2. The zero-order valence-electron chi connectivity index (χ0n) is 13.1. The first-order valence-electron chi connectivity index (χ1n) is 7.52. The fourth-order valence-electron chi connectivity index (χ4n) is 2.52. The maximum Gasteiger partial charge on any atom is 0.338 e. The Labute approximate surface area is 145 Å². The van der Waals surface area contributed by atoms with Gasteiger partial charge in [0.1, 0.15) is 4.90 Å². The number of benzene rings is 1. The van der Waals surface area contributed by atoms with Gasteiger partial charge in [-0.25, -0.2) is 18.4 Å². The summed E-state index contributed by atoms with van der Waals surface area (Å²) < 4.78 is 27.9. The summed E-state index contributed by atoms with van der Waals surface area (Å²) >= 11 is 5.76. The standard InChI is InChI=1S/C15H19ClN2O5S/c1-9(14(19)18-11-4-2-3-5-11)23-15(20)10-6-7-12(16)13(8-10)24(17,21)22/h6-9,11H,2-5H2,1H3,(H,18,19)(H2,17,21,22)/t9-/m0/s1. The number of nitrogens with two attached hydrogens (primary N) is 1. The number of sulfonamides is 1. The molecular weight excluding hydrogens is 356 g/mol. The summed E-state index contributed by atoms with van der Waals surface area (Å²) in [4.78, 5) is 23.8. The lowest BCUT2D eigenvalue weighted by Crippen LogP contribution is -2.40. The maximum atomic E-state index is 12.1. The average molecular weight is 375 g/mol. The van der Waals surface area contributed by atoms with Gasteiger partial charge in [0.25, 0.3) is 5.91 Å². The lowest BCUT2D eigenvalue weighted by atomic mass is 10.2. The Morgan fingerprint density at radius 2 is 1.96 bits per heavy atom. The first-order chi connectivity index (χ1) is 11.2. The lowest BCUT2D eigenvalue weighted by molar-refractivity contribution is -0.129. The van der Waals surface area contributed by atoms with Crippen LogP contribution < -0.4 is 10.5 Å². The monoisotopic (exact) mass is 374 g/mol. The van der Waals surface area contributed by atoms with Crippen molar-refractivity contribution < 1.29 is 22.7 Å². The number of rotatable bonds is 5. The second-order valence-electron chi connectivity index (χ2n) is 5.73. The van der Waals surface area contributed by atoms with E-state index in [0.717, 1.165) is 31.7 Å².